The lowest BCUT2D eigenvalue weighted by Gasteiger charge is -2.13. The third-order valence-electron chi connectivity index (χ3n) is 2.71. The normalized spacial score (nSPS) is 12.9. The van der Waals surface area contributed by atoms with Crippen LogP contribution in [0.2, 0.25) is 0 Å². The van der Waals surface area contributed by atoms with Crippen molar-refractivity contribution in [1.82, 2.24) is 4.72 Å². The lowest BCUT2D eigenvalue weighted by atomic mass is 10.2. The topological polar surface area (TPSA) is 127 Å². The van der Waals surface area contributed by atoms with Crippen LogP contribution in [0.15, 0.2) is 23.1 Å². The first-order valence-electron chi connectivity index (χ1n) is 6.09. The standard InChI is InChI=1S/C11H18N4O4S/c1-3-4-8(2)14-20(18,19)9-5-6-10(13-12)11(7-9)15(16)17/h5-8,13-14H,3-4,12H2,1-2H3. The van der Waals surface area contributed by atoms with Crippen molar-refractivity contribution in [2.45, 2.75) is 37.6 Å². The van der Waals surface area contributed by atoms with Gasteiger partial charge in [0, 0.05) is 12.1 Å². The van der Waals surface area contributed by atoms with Gasteiger partial charge in [-0.2, -0.15) is 0 Å². The molecule has 1 rings (SSSR count). The Morgan fingerprint density at radius 3 is 2.60 bits per heavy atom. The first-order valence-corrected chi connectivity index (χ1v) is 7.57. The van der Waals surface area contributed by atoms with Crippen molar-refractivity contribution in [3.63, 3.8) is 0 Å². The molecule has 0 radical (unpaired) electrons. The van der Waals surface area contributed by atoms with Crippen LogP contribution in [-0.4, -0.2) is 19.4 Å². The Bertz CT molecular complexity index is 588. The van der Waals surface area contributed by atoms with Gasteiger partial charge in [-0.3, -0.25) is 16.0 Å². The number of nitrogen functional groups attached to an aromatic ring is 1. The van der Waals surface area contributed by atoms with E-state index >= 15 is 0 Å². The molecule has 0 bridgehead atoms. The van der Waals surface area contributed by atoms with Crippen LogP contribution in [0.4, 0.5) is 11.4 Å². The maximum atomic E-state index is 12.1. The number of rotatable bonds is 7. The number of nitro benzene ring substituents is 1. The van der Waals surface area contributed by atoms with Crippen molar-refractivity contribution < 1.29 is 13.3 Å². The SMILES string of the molecule is CCCC(C)NS(=O)(=O)c1ccc(NN)c([N+](=O)[O-])c1. The molecule has 112 valence electrons. The molecule has 0 heterocycles. The van der Waals surface area contributed by atoms with Crippen LogP contribution in [-0.2, 0) is 10.0 Å². The average molecular weight is 302 g/mol. The number of sulfonamides is 1. The van der Waals surface area contributed by atoms with E-state index in [0.29, 0.717) is 6.42 Å². The number of nitrogens with one attached hydrogen (secondary N) is 2. The van der Waals surface area contributed by atoms with Crippen LogP contribution in [0.3, 0.4) is 0 Å². The Kier molecular flexibility index (Phi) is 5.43. The predicted octanol–water partition coefficient (Wildman–Crippen LogP) is 1.35. The number of nitro groups is 1. The number of hydrogen-bond acceptors (Lipinski definition) is 6. The first kappa shape index (κ1) is 16.3. The highest BCUT2D eigenvalue weighted by atomic mass is 32.2. The molecule has 1 aromatic rings. The van der Waals surface area contributed by atoms with Crippen LogP contribution >= 0.6 is 0 Å². The van der Waals surface area contributed by atoms with Gasteiger partial charge < -0.3 is 5.43 Å². The van der Waals surface area contributed by atoms with Gasteiger partial charge in [0.1, 0.15) is 5.69 Å². The molecule has 0 amide bonds. The zero-order chi connectivity index (χ0) is 15.3. The summed E-state index contributed by atoms with van der Waals surface area (Å²) in [7, 11) is -3.79. The van der Waals surface area contributed by atoms with E-state index in [1.807, 2.05) is 6.92 Å². The van der Waals surface area contributed by atoms with Crippen LogP contribution in [0.5, 0.6) is 0 Å². The summed E-state index contributed by atoms with van der Waals surface area (Å²) in [5.74, 6) is 5.15. The molecule has 4 N–H and O–H groups in total. The highest BCUT2D eigenvalue weighted by molar-refractivity contribution is 7.89. The number of anilines is 1. The zero-order valence-electron chi connectivity index (χ0n) is 11.3. The minimum Gasteiger partial charge on any atom is -0.318 e. The maximum Gasteiger partial charge on any atom is 0.294 e. The summed E-state index contributed by atoms with van der Waals surface area (Å²) in [4.78, 5) is 10.0. The van der Waals surface area contributed by atoms with Crippen LogP contribution in [0.1, 0.15) is 26.7 Å². The molecule has 0 spiro atoms. The lowest BCUT2D eigenvalue weighted by Crippen LogP contribution is -2.32. The van der Waals surface area contributed by atoms with Gasteiger partial charge in [-0.05, 0) is 25.5 Å². The number of nitrogens with two attached hydrogens (primary N) is 1. The van der Waals surface area contributed by atoms with Gasteiger partial charge >= 0.3 is 0 Å². The summed E-state index contributed by atoms with van der Waals surface area (Å²) >= 11 is 0. The molecule has 0 aromatic heterocycles. The molecular weight excluding hydrogens is 284 g/mol. The molecule has 1 unspecified atom stereocenters. The van der Waals surface area contributed by atoms with Crippen molar-refractivity contribution in [3.05, 3.63) is 28.3 Å². The molecule has 0 saturated heterocycles. The third kappa shape index (κ3) is 3.89. The Labute approximate surface area is 117 Å². The van der Waals surface area contributed by atoms with E-state index in [-0.39, 0.29) is 16.6 Å². The number of nitrogens with zero attached hydrogens (tertiary/aromatic N) is 1. The molecule has 20 heavy (non-hydrogen) atoms. The highest BCUT2D eigenvalue weighted by Crippen LogP contribution is 2.26. The molecular formula is C11H18N4O4S. The highest BCUT2D eigenvalue weighted by Gasteiger charge is 2.22. The van der Waals surface area contributed by atoms with E-state index in [4.69, 9.17) is 5.84 Å². The van der Waals surface area contributed by atoms with Crippen molar-refractivity contribution in [2.75, 3.05) is 5.43 Å². The van der Waals surface area contributed by atoms with E-state index in [9.17, 15) is 18.5 Å². The van der Waals surface area contributed by atoms with E-state index < -0.39 is 20.6 Å². The van der Waals surface area contributed by atoms with Gasteiger partial charge in [0.2, 0.25) is 10.0 Å². The summed E-state index contributed by atoms with van der Waals surface area (Å²) in [6, 6.07) is 3.27. The van der Waals surface area contributed by atoms with E-state index in [1.54, 1.807) is 6.92 Å². The fourth-order valence-electron chi connectivity index (χ4n) is 1.78. The third-order valence-corrected chi connectivity index (χ3v) is 4.30. The summed E-state index contributed by atoms with van der Waals surface area (Å²) in [6.07, 6.45) is 1.52. The minimum atomic E-state index is -3.79. The van der Waals surface area contributed by atoms with Gasteiger partial charge in [0.05, 0.1) is 9.82 Å². The van der Waals surface area contributed by atoms with Crippen molar-refractivity contribution in [3.8, 4) is 0 Å². The smallest absolute Gasteiger partial charge is 0.294 e. The summed E-state index contributed by atoms with van der Waals surface area (Å²) in [6.45, 7) is 3.68. The molecule has 0 aliphatic carbocycles. The average Bonchev–Trinajstić information content (AvgIpc) is 2.37. The van der Waals surface area contributed by atoms with Crippen LogP contribution < -0.4 is 16.0 Å². The van der Waals surface area contributed by atoms with Gasteiger partial charge in [0.15, 0.2) is 0 Å². The van der Waals surface area contributed by atoms with Gasteiger partial charge in [-0.15, -0.1) is 0 Å². The second-order valence-electron chi connectivity index (χ2n) is 4.39. The lowest BCUT2D eigenvalue weighted by molar-refractivity contribution is -0.384. The van der Waals surface area contributed by atoms with Crippen molar-refractivity contribution >= 4 is 21.4 Å². The summed E-state index contributed by atoms with van der Waals surface area (Å²) < 4.78 is 26.7. The van der Waals surface area contributed by atoms with Crippen LogP contribution in [0, 0.1) is 10.1 Å². The Balaban J connectivity index is 3.13. The molecule has 1 atom stereocenters. The monoisotopic (exact) mass is 302 g/mol. The van der Waals surface area contributed by atoms with Crippen molar-refractivity contribution in [2.24, 2.45) is 5.84 Å². The number of hydrazine groups is 1. The second-order valence-corrected chi connectivity index (χ2v) is 6.11. The number of hydrogen-bond donors (Lipinski definition) is 3. The largest absolute Gasteiger partial charge is 0.318 e. The fourth-order valence-corrected chi connectivity index (χ4v) is 3.07. The van der Waals surface area contributed by atoms with Crippen LogP contribution in [0.25, 0.3) is 0 Å². The van der Waals surface area contributed by atoms with E-state index in [0.717, 1.165) is 12.5 Å². The molecule has 8 nitrogen and oxygen atoms in total. The molecule has 0 saturated carbocycles. The van der Waals surface area contributed by atoms with Gasteiger partial charge in [-0.25, -0.2) is 13.1 Å². The second kappa shape index (κ2) is 6.64. The first-order chi connectivity index (χ1) is 9.31. The summed E-state index contributed by atoms with van der Waals surface area (Å²) in [5, 5.41) is 10.9. The Morgan fingerprint density at radius 1 is 1.45 bits per heavy atom. The van der Waals surface area contributed by atoms with Gasteiger partial charge in [0.25, 0.3) is 5.69 Å². The summed E-state index contributed by atoms with van der Waals surface area (Å²) in [5.41, 5.74) is 1.82. The van der Waals surface area contributed by atoms with E-state index in [1.165, 1.54) is 12.1 Å². The van der Waals surface area contributed by atoms with Gasteiger partial charge in [-0.1, -0.05) is 13.3 Å². The maximum absolute atomic E-state index is 12.1. The van der Waals surface area contributed by atoms with E-state index in [2.05, 4.69) is 10.1 Å². The number of benzene rings is 1. The molecule has 0 aliphatic rings. The predicted molar refractivity (Wildman–Crippen MR) is 75.6 cm³/mol. The molecule has 9 heteroatoms. The minimum absolute atomic E-state index is 0.0514. The molecule has 0 aliphatic heterocycles. The Hall–Kier alpha value is -1.71. The molecule has 1 aromatic carbocycles. The quantitative estimate of drug-likeness (QED) is 0.396. The van der Waals surface area contributed by atoms with Crippen molar-refractivity contribution in [1.29, 1.82) is 0 Å². The fraction of sp³-hybridized carbons (Fsp3) is 0.455. The Morgan fingerprint density at radius 2 is 2.10 bits per heavy atom. The zero-order valence-corrected chi connectivity index (χ0v) is 12.1. The molecule has 0 fully saturated rings.